The molecule has 2 rings (SSSR count). The predicted octanol–water partition coefficient (Wildman–Crippen LogP) is 1.39. The molecule has 15 heavy (non-hydrogen) atoms. The Labute approximate surface area is 87.0 Å². The molecule has 0 aliphatic carbocycles. The monoisotopic (exact) mass is 202 g/mol. The molecule has 1 aliphatic rings. The minimum Gasteiger partial charge on any atom is -0.480 e. The highest BCUT2D eigenvalue weighted by atomic mass is 16.4. The van der Waals surface area contributed by atoms with E-state index in [-0.39, 0.29) is 0 Å². The second-order valence-corrected chi connectivity index (χ2v) is 3.37. The first-order chi connectivity index (χ1) is 7.26. The van der Waals surface area contributed by atoms with Crippen LogP contribution in [0, 0.1) is 0 Å². The maximum Gasteiger partial charge on any atom is 0.318 e. The molecule has 76 valence electrons. The number of carboxylic acids is 1. The van der Waals surface area contributed by atoms with E-state index in [0.717, 1.165) is 0 Å². The van der Waals surface area contributed by atoms with Gasteiger partial charge in [-0.15, -0.1) is 0 Å². The average molecular weight is 202 g/mol. The summed E-state index contributed by atoms with van der Waals surface area (Å²) in [5.74, 6) is -0.877. The minimum atomic E-state index is -1.00. The van der Waals surface area contributed by atoms with E-state index in [9.17, 15) is 9.90 Å². The maximum absolute atomic E-state index is 11.3. The number of pyridine rings is 1. The molecule has 4 heteroatoms. The zero-order valence-corrected chi connectivity index (χ0v) is 8.00. The van der Waals surface area contributed by atoms with Crippen molar-refractivity contribution in [1.29, 1.82) is 0 Å². The van der Waals surface area contributed by atoms with Crippen molar-refractivity contribution in [2.75, 3.05) is 0 Å². The molecule has 1 N–H and O–H groups in total. The van der Waals surface area contributed by atoms with Gasteiger partial charge in [0.25, 0.3) is 0 Å². The van der Waals surface area contributed by atoms with Crippen LogP contribution in [0.15, 0.2) is 41.8 Å². The van der Waals surface area contributed by atoms with Crippen LogP contribution in [0.2, 0.25) is 0 Å². The van der Waals surface area contributed by atoms with Gasteiger partial charge >= 0.3 is 5.97 Å². The predicted molar refractivity (Wildman–Crippen MR) is 55.8 cm³/mol. The van der Waals surface area contributed by atoms with Crippen LogP contribution in [0.5, 0.6) is 0 Å². The smallest absolute Gasteiger partial charge is 0.318 e. The standard InChI is InChI=1S/C11H10N2O2/c14-10(15)11(3-6-12-7-4-11)9-2-1-5-13-8-9/h1-3,5-8H,4H2,(H,14,15). The molecule has 0 bridgehead atoms. The summed E-state index contributed by atoms with van der Waals surface area (Å²) in [6.45, 7) is 0. The highest BCUT2D eigenvalue weighted by molar-refractivity contribution is 5.88. The molecule has 0 saturated heterocycles. The van der Waals surface area contributed by atoms with E-state index < -0.39 is 11.4 Å². The van der Waals surface area contributed by atoms with E-state index in [1.165, 1.54) is 6.20 Å². The molecule has 1 aliphatic heterocycles. The molecule has 1 aromatic rings. The molecule has 1 aromatic heterocycles. The van der Waals surface area contributed by atoms with Crippen LogP contribution in [0.3, 0.4) is 0 Å². The van der Waals surface area contributed by atoms with Gasteiger partial charge in [-0.3, -0.25) is 14.8 Å². The first-order valence-electron chi connectivity index (χ1n) is 4.59. The second kappa shape index (κ2) is 3.65. The lowest BCUT2D eigenvalue weighted by Crippen LogP contribution is -2.35. The largest absolute Gasteiger partial charge is 0.480 e. The third kappa shape index (κ3) is 1.54. The van der Waals surface area contributed by atoms with Crippen LogP contribution in [-0.2, 0) is 10.2 Å². The van der Waals surface area contributed by atoms with Crippen molar-refractivity contribution < 1.29 is 9.90 Å². The summed E-state index contributed by atoms with van der Waals surface area (Å²) in [7, 11) is 0. The molecule has 0 amide bonds. The van der Waals surface area contributed by atoms with Gasteiger partial charge in [-0.25, -0.2) is 0 Å². The van der Waals surface area contributed by atoms with Gasteiger partial charge < -0.3 is 5.11 Å². The van der Waals surface area contributed by atoms with Crippen molar-refractivity contribution in [3.63, 3.8) is 0 Å². The summed E-state index contributed by atoms with van der Waals surface area (Å²) in [5, 5.41) is 9.30. The van der Waals surface area contributed by atoms with E-state index in [1.54, 1.807) is 36.8 Å². The quantitative estimate of drug-likeness (QED) is 0.788. The molecule has 1 unspecified atom stereocenters. The fraction of sp³-hybridized carbons (Fsp3) is 0.182. The van der Waals surface area contributed by atoms with Crippen molar-refractivity contribution in [3.05, 3.63) is 42.4 Å². The SMILES string of the molecule is O=C(O)C1(c2cccnc2)C=CN=CC1. The number of rotatable bonds is 2. The number of nitrogens with zero attached hydrogens (tertiary/aromatic N) is 2. The van der Waals surface area contributed by atoms with Crippen molar-refractivity contribution in [2.24, 2.45) is 4.99 Å². The van der Waals surface area contributed by atoms with E-state index in [4.69, 9.17) is 0 Å². The van der Waals surface area contributed by atoms with Crippen LogP contribution in [0.25, 0.3) is 0 Å². The van der Waals surface area contributed by atoms with Crippen molar-refractivity contribution in [3.8, 4) is 0 Å². The highest BCUT2D eigenvalue weighted by Gasteiger charge is 2.38. The zero-order chi connectivity index (χ0) is 10.7. The first-order valence-corrected chi connectivity index (χ1v) is 4.59. The van der Waals surface area contributed by atoms with E-state index >= 15 is 0 Å². The van der Waals surface area contributed by atoms with Crippen molar-refractivity contribution >= 4 is 12.2 Å². The number of aliphatic carboxylic acids is 1. The third-order valence-electron chi connectivity index (χ3n) is 2.52. The Kier molecular flexibility index (Phi) is 2.33. The normalized spacial score (nSPS) is 24.0. The Morgan fingerprint density at radius 2 is 2.40 bits per heavy atom. The number of carboxylic acid groups (broad SMARTS) is 1. The Morgan fingerprint density at radius 1 is 1.53 bits per heavy atom. The summed E-state index contributed by atoms with van der Waals surface area (Å²) in [5.41, 5.74) is -0.323. The van der Waals surface area contributed by atoms with Gasteiger partial charge in [0.1, 0.15) is 5.41 Å². The molecular formula is C11H10N2O2. The fourth-order valence-electron chi connectivity index (χ4n) is 1.62. The van der Waals surface area contributed by atoms with Crippen LogP contribution in [0.1, 0.15) is 12.0 Å². The minimum absolute atomic E-state index is 0.366. The molecule has 0 radical (unpaired) electrons. The van der Waals surface area contributed by atoms with Gasteiger partial charge in [-0.05, 0) is 17.7 Å². The lowest BCUT2D eigenvalue weighted by molar-refractivity contribution is -0.141. The third-order valence-corrected chi connectivity index (χ3v) is 2.52. The topological polar surface area (TPSA) is 62.5 Å². The Bertz CT molecular complexity index is 425. The highest BCUT2D eigenvalue weighted by Crippen LogP contribution is 2.30. The summed E-state index contributed by atoms with van der Waals surface area (Å²) >= 11 is 0. The van der Waals surface area contributed by atoms with Gasteiger partial charge in [-0.1, -0.05) is 6.07 Å². The number of aromatic nitrogens is 1. The number of hydrogen-bond donors (Lipinski definition) is 1. The molecule has 4 nitrogen and oxygen atoms in total. The number of carbonyl (C=O) groups is 1. The van der Waals surface area contributed by atoms with E-state index in [2.05, 4.69) is 9.98 Å². The van der Waals surface area contributed by atoms with Crippen molar-refractivity contribution in [2.45, 2.75) is 11.8 Å². The maximum atomic E-state index is 11.3. The lowest BCUT2D eigenvalue weighted by atomic mass is 9.78. The summed E-state index contributed by atoms with van der Waals surface area (Å²) in [4.78, 5) is 19.2. The molecule has 1 atom stereocenters. The van der Waals surface area contributed by atoms with Crippen LogP contribution >= 0.6 is 0 Å². The van der Waals surface area contributed by atoms with Crippen LogP contribution in [-0.4, -0.2) is 22.3 Å². The number of hydrogen-bond acceptors (Lipinski definition) is 3. The summed E-state index contributed by atoms with van der Waals surface area (Å²) in [6, 6.07) is 3.50. The van der Waals surface area contributed by atoms with Gasteiger partial charge in [0, 0.05) is 31.2 Å². The average Bonchev–Trinajstić information content (AvgIpc) is 2.31. The second-order valence-electron chi connectivity index (χ2n) is 3.37. The van der Waals surface area contributed by atoms with E-state index in [0.29, 0.717) is 12.0 Å². The van der Waals surface area contributed by atoms with Gasteiger partial charge in [0.15, 0.2) is 0 Å². The van der Waals surface area contributed by atoms with Gasteiger partial charge in [0.2, 0.25) is 0 Å². The first kappa shape index (κ1) is 9.58. The fourth-order valence-corrected chi connectivity index (χ4v) is 1.62. The van der Waals surface area contributed by atoms with Gasteiger partial charge in [-0.2, -0.15) is 0 Å². The number of aliphatic imine (C=N–C) groups is 1. The molecule has 0 fully saturated rings. The molecule has 0 saturated carbocycles. The summed E-state index contributed by atoms with van der Waals surface area (Å²) < 4.78 is 0. The van der Waals surface area contributed by atoms with Crippen molar-refractivity contribution in [1.82, 2.24) is 4.98 Å². The van der Waals surface area contributed by atoms with Crippen LogP contribution < -0.4 is 0 Å². The Balaban J connectivity index is 2.49. The van der Waals surface area contributed by atoms with Crippen LogP contribution in [0.4, 0.5) is 0 Å². The zero-order valence-electron chi connectivity index (χ0n) is 8.00. The molecule has 2 heterocycles. The molecule has 0 aromatic carbocycles. The Morgan fingerprint density at radius 3 is 2.93 bits per heavy atom. The molecular weight excluding hydrogens is 192 g/mol. The lowest BCUT2D eigenvalue weighted by Gasteiger charge is -2.25. The van der Waals surface area contributed by atoms with Gasteiger partial charge in [0.05, 0.1) is 0 Å². The van der Waals surface area contributed by atoms with E-state index in [1.807, 2.05) is 0 Å². The summed E-state index contributed by atoms with van der Waals surface area (Å²) in [6.07, 6.45) is 8.31. The molecule has 0 spiro atoms. The Hall–Kier alpha value is -1.97.